The molecule has 0 aromatic heterocycles. The lowest BCUT2D eigenvalue weighted by Gasteiger charge is -2.42. The lowest BCUT2D eigenvalue weighted by atomic mass is 9.96. The first-order chi connectivity index (χ1) is 27.7. The maximum absolute atomic E-state index is 5.21. The molecule has 0 saturated heterocycles. The van der Waals surface area contributed by atoms with Crippen molar-refractivity contribution >= 4 is 28.8 Å². The molecule has 2 atom stereocenters. The van der Waals surface area contributed by atoms with Crippen molar-refractivity contribution in [2.24, 2.45) is 15.0 Å². The van der Waals surface area contributed by atoms with E-state index >= 15 is 0 Å². The van der Waals surface area contributed by atoms with Crippen LogP contribution in [0.2, 0.25) is 0 Å². The van der Waals surface area contributed by atoms with Gasteiger partial charge in [0, 0.05) is 11.3 Å². The van der Waals surface area contributed by atoms with Crippen LogP contribution in [-0.4, -0.2) is 22.3 Å². The first kappa shape index (κ1) is 33.2. The molecule has 3 heterocycles. The molecule has 3 aliphatic rings. The first-order valence-electron chi connectivity index (χ1n) is 19.0. The van der Waals surface area contributed by atoms with Gasteiger partial charge in [-0.15, -0.1) is 0 Å². The molecule has 0 saturated carbocycles. The SMILES string of the molecule is C1=C(c2ccc(-c3ccccc3)cc2)NC(c2ccccc2)N=C1c1ccc(-c2cccc(C3N=C4N=C(c5ccccc5)C=C(c5ccccc5)N43)c2)cc1. The van der Waals surface area contributed by atoms with E-state index in [4.69, 9.17) is 15.0 Å². The van der Waals surface area contributed by atoms with E-state index in [1.165, 1.54) is 11.1 Å². The van der Waals surface area contributed by atoms with Gasteiger partial charge in [-0.3, -0.25) is 9.89 Å². The van der Waals surface area contributed by atoms with Gasteiger partial charge in [0.25, 0.3) is 0 Å². The Hall–Kier alpha value is -7.37. The van der Waals surface area contributed by atoms with Crippen LogP contribution < -0.4 is 5.32 Å². The standard InChI is InChI=1S/C51H37N5/c1-5-14-35(15-6-1)36-24-28-39(29-25-36)45-33-46(53-49(52-45)42-20-11-4-12-21-42)40-30-26-37(27-31-40)43-22-13-23-44(32-43)50-55-51-54-47(38-16-7-2-8-17-38)34-48(56(50)51)41-18-9-3-10-19-41/h1-34,49-50,52H. The van der Waals surface area contributed by atoms with Gasteiger partial charge in [0.1, 0.15) is 6.17 Å². The Balaban J connectivity index is 0.943. The third-order valence-corrected chi connectivity index (χ3v) is 10.5. The fourth-order valence-electron chi connectivity index (χ4n) is 7.59. The van der Waals surface area contributed by atoms with Crippen LogP contribution in [0.3, 0.4) is 0 Å². The number of allylic oxidation sites excluding steroid dienone is 2. The third-order valence-electron chi connectivity index (χ3n) is 10.5. The highest BCUT2D eigenvalue weighted by molar-refractivity contribution is 6.21. The largest absolute Gasteiger partial charge is 0.360 e. The minimum Gasteiger partial charge on any atom is -0.360 e. The van der Waals surface area contributed by atoms with Crippen LogP contribution in [0.25, 0.3) is 33.6 Å². The highest BCUT2D eigenvalue weighted by atomic mass is 15.4. The van der Waals surface area contributed by atoms with Crippen LogP contribution in [0.4, 0.5) is 0 Å². The molecule has 10 rings (SSSR count). The molecule has 0 fully saturated rings. The average molecular weight is 720 g/mol. The smallest absolute Gasteiger partial charge is 0.230 e. The second-order valence-corrected chi connectivity index (χ2v) is 14.1. The molecule has 1 N–H and O–H groups in total. The number of hydrogen-bond donors (Lipinski definition) is 1. The van der Waals surface area contributed by atoms with Crippen LogP contribution in [0.1, 0.15) is 45.7 Å². The predicted molar refractivity (Wildman–Crippen MR) is 230 cm³/mol. The van der Waals surface area contributed by atoms with Gasteiger partial charge in [0.15, 0.2) is 6.17 Å². The number of guanidine groups is 1. The summed E-state index contributed by atoms with van der Waals surface area (Å²) in [5.41, 5.74) is 15.3. The van der Waals surface area contributed by atoms with Gasteiger partial charge in [0.2, 0.25) is 5.96 Å². The number of nitrogens with one attached hydrogen (secondary N) is 1. The summed E-state index contributed by atoms with van der Waals surface area (Å²) in [6, 6.07) is 68.0. The van der Waals surface area contributed by atoms with E-state index in [2.05, 4.69) is 186 Å². The van der Waals surface area contributed by atoms with E-state index in [9.17, 15) is 0 Å². The van der Waals surface area contributed by atoms with Gasteiger partial charge in [-0.05, 0) is 68.3 Å². The molecular formula is C51H37N5. The molecule has 0 amide bonds. The number of nitrogens with zero attached hydrogens (tertiary/aromatic N) is 4. The summed E-state index contributed by atoms with van der Waals surface area (Å²) in [6.07, 6.45) is 3.98. The Morgan fingerprint density at radius 3 is 1.57 bits per heavy atom. The van der Waals surface area contributed by atoms with Crippen LogP contribution >= 0.6 is 0 Å². The van der Waals surface area contributed by atoms with Gasteiger partial charge >= 0.3 is 0 Å². The molecule has 56 heavy (non-hydrogen) atoms. The van der Waals surface area contributed by atoms with E-state index in [-0.39, 0.29) is 12.3 Å². The first-order valence-corrected chi connectivity index (χ1v) is 19.0. The van der Waals surface area contributed by atoms with Crippen molar-refractivity contribution in [1.82, 2.24) is 10.2 Å². The summed E-state index contributed by atoms with van der Waals surface area (Å²) in [4.78, 5) is 17.5. The van der Waals surface area contributed by atoms with Crippen molar-refractivity contribution in [3.63, 3.8) is 0 Å². The topological polar surface area (TPSA) is 52.4 Å². The van der Waals surface area contributed by atoms with E-state index in [1.807, 2.05) is 30.3 Å². The minimum atomic E-state index is -0.206. The molecule has 2 unspecified atom stereocenters. The molecule has 0 bridgehead atoms. The predicted octanol–water partition coefficient (Wildman–Crippen LogP) is 11.4. The van der Waals surface area contributed by atoms with E-state index in [0.29, 0.717) is 0 Å². The second-order valence-electron chi connectivity index (χ2n) is 14.1. The molecule has 5 heteroatoms. The molecule has 0 aliphatic carbocycles. The molecule has 266 valence electrons. The van der Waals surface area contributed by atoms with Crippen molar-refractivity contribution in [2.45, 2.75) is 12.3 Å². The fraction of sp³-hybridized carbons (Fsp3) is 0.0392. The molecular weight excluding hydrogens is 683 g/mol. The number of hydrogen-bond acceptors (Lipinski definition) is 5. The zero-order valence-electron chi connectivity index (χ0n) is 30.6. The van der Waals surface area contributed by atoms with E-state index in [1.54, 1.807) is 0 Å². The molecule has 0 radical (unpaired) electrons. The van der Waals surface area contributed by atoms with Gasteiger partial charge in [-0.1, -0.05) is 188 Å². The highest BCUT2D eigenvalue weighted by Crippen LogP contribution is 2.42. The van der Waals surface area contributed by atoms with Gasteiger partial charge in [0.05, 0.1) is 17.1 Å². The number of aliphatic imine (C=N–C) groups is 3. The summed E-state index contributed by atoms with van der Waals surface area (Å²) in [6.45, 7) is 0. The van der Waals surface area contributed by atoms with Gasteiger partial charge < -0.3 is 5.32 Å². The number of fused-ring (bicyclic) bond motifs is 1. The maximum Gasteiger partial charge on any atom is 0.230 e. The molecule has 0 spiro atoms. The van der Waals surface area contributed by atoms with Crippen molar-refractivity contribution in [1.29, 1.82) is 0 Å². The lowest BCUT2D eigenvalue weighted by Crippen LogP contribution is -2.43. The van der Waals surface area contributed by atoms with Crippen molar-refractivity contribution in [2.75, 3.05) is 0 Å². The quantitative estimate of drug-likeness (QED) is 0.170. The molecule has 7 aromatic carbocycles. The highest BCUT2D eigenvalue weighted by Gasteiger charge is 2.38. The summed E-state index contributed by atoms with van der Waals surface area (Å²) in [5, 5.41) is 3.70. The Bertz CT molecular complexity index is 2680. The maximum atomic E-state index is 5.21. The van der Waals surface area contributed by atoms with Crippen LogP contribution in [-0.2, 0) is 0 Å². The van der Waals surface area contributed by atoms with Gasteiger partial charge in [-0.25, -0.2) is 9.98 Å². The zero-order valence-corrected chi connectivity index (χ0v) is 30.6. The number of benzene rings is 7. The summed E-state index contributed by atoms with van der Waals surface area (Å²) < 4.78 is 0. The summed E-state index contributed by atoms with van der Waals surface area (Å²) >= 11 is 0. The monoisotopic (exact) mass is 719 g/mol. The van der Waals surface area contributed by atoms with Crippen LogP contribution in [0, 0.1) is 0 Å². The molecule has 3 aliphatic heterocycles. The summed E-state index contributed by atoms with van der Waals surface area (Å²) in [7, 11) is 0. The van der Waals surface area contributed by atoms with Crippen molar-refractivity contribution in [3.8, 4) is 22.3 Å². The lowest BCUT2D eigenvalue weighted by molar-refractivity contribution is 0.377. The normalized spacial score (nSPS) is 17.2. The average Bonchev–Trinajstić information content (AvgIpc) is 3.28. The van der Waals surface area contributed by atoms with Crippen molar-refractivity contribution < 1.29 is 0 Å². The molecule has 7 aromatic rings. The molecule has 5 nitrogen and oxygen atoms in total. The zero-order chi connectivity index (χ0) is 37.3. The fourth-order valence-corrected chi connectivity index (χ4v) is 7.59. The Morgan fingerprint density at radius 1 is 0.393 bits per heavy atom. The third kappa shape index (κ3) is 6.46. The Labute approximate surface area is 327 Å². The summed E-state index contributed by atoms with van der Waals surface area (Å²) in [5.74, 6) is 0.737. The Kier molecular flexibility index (Phi) is 8.58. The van der Waals surface area contributed by atoms with Crippen LogP contribution in [0.5, 0.6) is 0 Å². The number of rotatable bonds is 8. The second kappa shape index (κ2) is 14.5. The van der Waals surface area contributed by atoms with E-state index in [0.717, 1.165) is 73.3 Å². The minimum absolute atomic E-state index is 0.166. The van der Waals surface area contributed by atoms with Crippen LogP contribution in [0.15, 0.2) is 221 Å². The Morgan fingerprint density at radius 2 is 0.893 bits per heavy atom. The van der Waals surface area contributed by atoms with Crippen molar-refractivity contribution in [3.05, 3.63) is 240 Å². The van der Waals surface area contributed by atoms with E-state index < -0.39 is 0 Å². The van der Waals surface area contributed by atoms with Gasteiger partial charge in [-0.2, -0.15) is 0 Å².